The molecule has 0 aromatic heterocycles. The molecule has 0 aliphatic heterocycles. The summed E-state index contributed by atoms with van der Waals surface area (Å²) in [4.78, 5) is 14.0. The summed E-state index contributed by atoms with van der Waals surface area (Å²) in [6.45, 7) is 6.88. The van der Waals surface area contributed by atoms with E-state index in [1.54, 1.807) is 0 Å². The van der Waals surface area contributed by atoms with E-state index in [4.69, 9.17) is 5.73 Å². The van der Waals surface area contributed by atoms with Crippen molar-refractivity contribution in [3.05, 3.63) is 23.8 Å². The molecule has 1 amide bonds. The summed E-state index contributed by atoms with van der Waals surface area (Å²) < 4.78 is 0. The van der Waals surface area contributed by atoms with Gasteiger partial charge in [0.1, 0.15) is 0 Å². The largest absolute Gasteiger partial charge is 0.398 e. The molecule has 1 rings (SSSR count). The smallest absolute Gasteiger partial charge is 0.225 e. The lowest BCUT2D eigenvalue weighted by molar-refractivity contribution is -0.116. The van der Waals surface area contributed by atoms with Gasteiger partial charge in [-0.15, -0.1) is 0 Å². The van der Waals surface area contributed by atoms with Crippen LogP contribution in [0.2, 0.25) is 0 Å². The third-order valence-electron chi connectivity index (χ3n) is 3.22. The minimum absolute atomic E-state index is 0.0243. The molecule has 4 nitrogen and oxygen atoms in total. The van der Waals surface area contributed by atoms with E-state index < -0.39 is 0 Å². The minimum Gasteiger partial charge on any atom is -0.398 e. The van der Waals surface area contributed by atoms with Crippen LogP contribution in [0.15, 0.2) is 18.2 Å². The molecular formula is C14H23N3O. The van der Waals surface area contributed by atoms with E-state index >= 15 is 0 Å². The molecule has 1 aromatic rings. The van der Waals surface area contributed by atoms with Gasteiger partial charge in [-0.2, -0.15) is 0 Å². The third-order valence-corrected chi connectivity index (χ3v) is 3.22. The lowest BCUT2D eigenvalue weighted by Crippen LogP contribution is -2.30. The molecule has 100 valence electrons. The van der Waals surface area contributed by atoms with Gasteiger partial charge in [0.2, 0.25) is 5.91 Å². The van der Waals surface area contributed by atoms with Gasteiger partial charge in [-0.1, -0.05) is 6.07 Å². The van der Waals surface area contributed by atoms with Crippen LogP contribution < -0.4 is 11.1 Å². The number of carbonyl (C=O) groups excluding carboxylic acids is 1. The third kappa shape index (κ3) is 4.04. The lowest BCUT2D eigenvalue weighted by atomic mass is 10.1. The van der Waals surface area contributed by atoms with Gasteiger partial charge in [-0.25, -0.2) is 0 Å². The number of hydrogen-bond acceptors (Lipinski definition) is 3. The van der Waals surface area contributed by atoms with E-state index in [1.807, 2.05) is 32.2 Å². The average molecular weight is 249 g/mol. The second kappa shape index (κ2) is 6.40. The monoisotopic (exact) mass is 249 g/mol. The summed E-state index contributed by atoms with van der Waals surface area (Å²) in [6.07, 6.45) is 0.489. The molecule has 0 unspecified atom stereocenters. The van der Waals surface area contributed by atoms with Crippen LogP contribution in [0, 0.1) is 6.92 Å². The molecule has 3 N–H and O–H groups in total. The van der Waals surface area contributed by atoms with E-state index in [1.165, 1.54) is 0 Å². The Bertz CT molecular complexity index is 416. The molecule has 0 atom stereocenters. The molecule has 0 spiro atoms. The van der Waals surface area contributed by atoms with Gasteiger partial charge in [-0.3, -0.25) is 4.79 Å². The molecule has 0 fully saturated rings. The van der Waals surface area contributed by atoms with Gasteiger partial charge in [0.15, 0.2) is 0 Å². The molecular weight excluding hydrogens is 226 g/mol. The highest BCUT2D eigenvalue weighted by Crippen LogP contribution is 2.20. The Balaban J connectivity index is 2.52. The molecule has 0 bridgehead atoms. The Labute approximate surface area is 109 Å². The zero-order valence-corrected chi connectivity index (χ0v) is 11.7. The van der Waals surface area contributed by atoms with Crippen molar-refractivity contribution in [1.29, 1.82) is 0 Å². The SMILES string of the molecule is Cc1c(N)cccc1NC(=O)CCN(C)C(C)C. The van der Waals surface area contributed by atoms with Crippen LogP contribution >= 0.6 is 0 Å². The molecule has 0 heterocycles. The number of nitrogens with two attached hydrogens (primary N) is 1. The van der Waals surface area contributed by atoms with Gasteiger partial charge in [-0.05, 0) is 45.5 Å². The fraction of sp³-hybridized carbons (Fsp3) is 0.500. The second-order valence-corrected chi connectivity index (χ2v) is 4.89. The number of carbonyl (C=O) groups is 1. The zero-order chi connectivity index (χ0) is 13.7. The molecule has 18 heavy (non-hydrogen) atoms. The van der Waals surface area contributed by atoms with Gasteiger partial charge in [0, 0.05) is 30.4 Å². The molecule has 0 saturated carbocycles. The van der Waals surface area contributed by atoms with Crippen LogP contribution in [0.5, 0.6) is 0 Å². The molecule has 0 saturated heterocycles. The number of amides is 1. The first-order chi connectivity index (χ1) is 8.41. The van der Waals surface area contributed by atoms with E-state index in [-0.39, 0.29) is 5.91 Å². The summed E-state index contributed by atoms with van der Waals surface area (Å²) >= 11 is 0. The summed E-state index contributed by atoms with van der Waals surface area (Å²) in [5, 5.41) is 2.90. The van der Waals surface area contributed by atoms with Crippen LogP contribution in [0.3, 0.4) is 0 Å². The van der Waals surface area contributed by atoms with Crippen molar-refractivity contribution in [1.82, 2.24) is 4.90 Å². The second-order valence-electron chi connectivity index (χ2n) is 4.89. The number of nitrogen functional groups attached to an aromatic ring is 1. The number of hydrogen-bond donors (Lipinski definition) is 2. The quantitative estimate of drug-likeness (QED) is 0.787. The highest BCUT2D eigenvalue weighted by molar-refractivity contribution is 5.92. The van der Waals surface area contributed by atoms with Gasteiger partial charge < -0.3 is 16.0 Å². The Morgan fingerprint density at radius 1 is 1.44 bits per heavy atom. The van der Waals surface area contributed by atoms with E-state index in [0.29, 0.717) is 18.2 Å². The first-order valence-electron chi connectivity index (χ1n) is 6.27. The van der Waals surface area contributed by atoms with E-state index in [2.05, 4.69) is 24.1 Å². The number of anilines is 2. The number of benzene rings is 1. The maximum absolute atomic E-state index is 11.8. The van der Waals surface area contributed by atoms with Crippen molar-refractivity contribution < 1.29 is 4.79 Å². The first-order valence-corrected chi connectivity index (χ1v) is 6.27. The van der Waals surface area contributed by atoms with Crippen LogP contribution in [0.25, 0.3) is 0 Å². The summed E-state index contributed by atoms with van der Waals surface area (Å²) in [6, 6.07) is 6.00. The van der Waals surface area contributed by atoms with Crippen LogP contribution in [0.1, 0.15) is 25.8 Å². The van der Waals surface area contributed by atoms with Crippen molar-refractivity contribution in [2.45, 2.75) is 33.2 Å². The van der Waals surface area contributed by atoms with Crippen molar-refractivity contribution in [2.75, 3.05) is 24.6 Å². The standard InChI is InChI=1S/C14H23N3O/c1-10(2)17(4)9-8-14(18)16-13-7-5-6-12(15)11(13)3/h5-7,10H,8-9,15H2,1-4H3,(H,16,18). The molecule has 0 radical (unpaired) electrons. The summed E-state index contributed by atoms with van der Waals surface area (Å²) in [5.74, 6) is 0.0243. The number of rotatable bonds is 5. The highest BCUT2D eigenvalue weighted by Gasteiger charge is 2.09. The van der Waals surface area contributed by atoms with Gasteiger partial charge in [0.05, 0.1) is 0 Å². The topological polar surface area (TPSA) is 58.4 Å². The van der Waals surface area contributed by atoms with Crippen molar-refractivity contribution in [2.24, 2.45) is 0 Å². The van der Waals surface area contributed by atoms with Crippen LogP contribution in [-0.2, 0) is 4.79 Å². The summed E-state index contributed by atoms with van der Waals surface area (Å²) in [5.41, 5.74) is 8.22. The van der Waals surface area contributed by atoms with Crippen molar-refractivity contribution in [3.63, 3.8) is 0 Å². The minimum atomic E-state index is 0.0243. The van der Waals surface area contributed by atoms with Gasteiger partial charge >= 0.3 is 0 Å². The average Bonchev–Trinajstić information content (AvgIpc) is 2.32. The van der Waals surface area contributed by atoms with Crippen LogP contribution in [0.4, 0.5) is 11.4 Å². The fourth-order valence-corrected chi connectivity index (χ4v) is 1.54. The molecule has 0 aliphatic carbocycles. The normalized spacial score (nSPS) is 11.0. The predicted octanol–water partition coefficient (Wildman–Crippen LogP) is 2.25. The molecule has 4 heteroatoms. The first kappa shape index (κ1) is 14.5. The lowest BCUT2D eigenvalue weighted by Gasteiger charge is -2.20. The fourth-order valence-electron chi connectivity index (χ4n) is 1.54. The maximum Gasteiger partial charge on any atom is 0.225 e. The summed E-state index contributed by atoms with van der Waals surface area (Å²) in [7, 11) is 2.02. The number of nitrogens with one attached hydrogen (secondary N) is 1. The van der Waals surface area contributed by atoms with E-state index in [0.717, 1.165) is 17.8 Å². The Morgan fingerprint density at radius 2 is 2.11 bits per heavy atom. The Hall–Kier alpha value is -1.55. The molecule has 0 aliphatic rings. The zero-order valence-electron chi connectivity index (χ0n) is 11.7. The van der Waals surface area contributed by atoms with E-state index in [9.17, 15) is 4.79 Å². The predicted molar refractivity (Wildman–Crippen MR) is 76.6 cm³/mol. The Morgan fingerprint density at radius 3 is 2.72 bits per heavy atom. The Kier molecular flexibility index (Phi) is 5.16. The van der Waals surface area contributed by atoms with Crippen molar-refractivity contribution >= 4 is 17.3 Å². The van der Waals surface area contributed by atoms with Crippen LogP contribution in [-0.4, -0.2) is 30.4 Å². The van der Waals surface area contributed by atoms with Crippen molar-refractivity contribution in [3.8, 4) is 0 Å². The number of nitrogens with zero attached hydrogens (tertiary/aromatic N) is 1. The highest BCUT2D eigenvalue weighted by atomic mass is 16.1. The van der Waals surface area contributed by atoms with Gasteiger partial charge in [0.25, 0.3) is 0 Å². The maximum atomic E-state index is 11.8. The molecule has 1 aromatic carbocycles.